The van der Waals surface area contributed by atoms with Gasteiger partial charge in [-0.15, -0.1) is 10.2 Å². The number of tetrazole rings is 1. The maximum Gasteiger partial charge on any atom is 0.241 e. The lowest BCUT2D eigenvalue weighted by Gasteiger charge is -2.26. The molecule has 0 radical (unpaired) electrons. The average molecular weight is 469 g/mol. The molecule has 4 rings (SSSR count). The molecule has 11 nitrogen and oxygen atoms in total. The quantitative estimate of drug-likeness (QED) is 0.613. The smallest absolute Gasteiger partial charge is 0.241 e. The molecule has 31 heavy (non-hydrogen) atoms. The van der Waals surface area contributed by atoms with E-state index >= 15 is 0 Å². The summed E-state index contributed by atoms with van der Waals surface area (Å²) in [6.07, 6.45) is 2.38. The van der Waals surface area contributed by atoms with Gasteiger partial charge in [-0.05, 0) is 29.7 Å². The number of amides is 1. The van der Waals surface area contributed by atoms with Crippen molar-refractivity contribution in [2.75, 3.05) is 12.8 Å². The molecule has 0 saturated carbocycles. The highest BCUT2D eigenvalue weighted by Crippen LogP contribution is 2.41. The number of nitrogens with one attached hydrogen (secondary N) is 1. The van der Waals surface area contributed by atoms with Crippen molar-refractivity contribution in [1.29, 1.82) is 0 Å². The number of rotatable bonds is 7. The van der Waals surface area contributed by atoms with E-state index in [0.29, 0.717) is 36.2 Å². The Morgan fingerprint density at radius 1 is 1.23 bits per heavy atom. The molecule has 0 spiro atoms. The Kier molecular flexibility index (Phi) is 5.60. The zero-order chi connectivity index (χ0) is 22.4. The fraction of sp³-hybridized carbons (Fsp3) is 0.556. The van der Waals surface area contributed by atoms with Crippen LogP contribution in [0.1, 0.15) is 31.7 Å². The van der Waals surface area contributed by atoms with Crippen LogP contribution in [0, 0.1) is 5.92 Å². The highest BCUT2D eigenvalue weighted by atomic mass is 32.2. The van der Waals surface area contributed by atoms with Crippen LogP contribution in [0.25, 0.3) is 11.4 Å². The molecule has 2 fully saturated rings. The number of aromatic amines is 1. The van der Waals surface area contributed by atoms with E-state index in [-0.39, 0.29) is 12.3 Å². The molecule has 2 aromatic rings. The minimum absolute atomic E-state index is 0.182. The van der Waals surface area contributed by atoms with Gasteiger partial charge in [0.2, 0.25) is 31.8 Å². The number of H-pyrrole nitrogens is 1. The minimum Gasteiger partial charge on any atom is -0.273 e. The SMILES string of the molecule is CCC[C@H]1C(=O)N(S(C)(=O)=O)[C@H]2CCN(S(=O)(=O)Cc3cccc(-c4nn[nH]n4)c3)[C@H]12. The standard InChI is InChI=1S/C18H24N6O5S2/c1-3-5-14-16-15(24(18(14)25)30(2,26)27)8-9-23(16)31(28,29)11-12-6-4-7-13(10-12)17-19-21-22-20-17/h4,6-7,10,14-16H,3,5,8-9,11H2,1-2H3,(H,19,20,21,22)/t14-,15+,16-/m1/s1. The van der Waals surface area contributed by atoms with Gasteiger partial charge < -0.3 is 0 Å². The van der Waals surface area contributed by atoms with E-state index in [1.54, 1.807) is 24.3 Å². The van der Waals surface area contributed by atoms with Gasteiger partial charge in [-0.1, -0.05) is 31.5 Å². The number of benzene rings is 1. The van der Waals surface area contributed by atoms with E-state index in [0.717, 1.165) is 10.6 Å². The van der Waals surface area contributed by atoms with Crippen LogP contribution in [0.4, 0.5) is 0 Å². The van der Waals surface area contributed by atoms with Crippen molar-refractivity contribution < 1.29 is 21.6 Å². The largest absolute Gasteiger partial charge is 0.273 e. The molecule has 3 atom stereocenters. The lowest BCUT2D eigenvalue weighted by Crippen LogP contribution is -2.43. The third kappa shape index (κ3) is 3.96. The van der Waals surface area contributed by atoms with Gasteiger partial charge in [-0.25, -0.2) is 21.1 Å². The number of sulfonamides is 2. The fourth-order valence-electron chi connectivity index (χ4n) is 4.69. The Balaban J connectivity index is 1.63. The van der Waals surface area contributed by atoms with Crippen LogP contribution in [0.15, 0.2) is 24.3 Å². The van der Waals surface area contributed by atoms with Crippen molar-refractivity contribution in [3.63, 3.8) is 0 Å². The zero-order valence-corrected chi connectivity index (χ0v) is 18.8. The Morgan fingerprint density at radius 3 is 2.65 bits per heavy atom. The van der Waals surface area contributed by atoms with Gasteiger partial charge in [0.25, 0.3) is 0 Å². The molecule has 13 heteroatoms. The summed E-state index contributed by atoms with van der Waals surface area (Å²) in [6, 6.07) is 5.52. The molecule has 0 bridgehead atoms. The summed E-state index contributed by atoms with van der Waals surface area (Å²) >= 11 is 0. The van der Waals surface area contributed by atoms with Gasteiger partial charge in [0.1, 0.15) is 0 Å². The molecule has 2 aliphatic rings. The maximum atomic E-state index is 13.4. The predicted molar refractivity (Wildman–Crippen MR) is 111 cm³/mol. The van der Waals surface area contributed by atoms with Crippen LogP contribution in [0.2, 0.25) is 0 Å². The molecule has 2 saturated heterocycles. The summed E-state index contributed by atoms with van der Waals surface area (Å²) in [6.45, 7) is 2.07. The van der Waals surface area contributed by atoms with Gasteiger partial charge in [-0.2, -0.15) is 9.52 Å². The molecule has 1 N–H and O–H groups in total. The Labute approximate surface area is 180 Å². The van der Waals surface area contributed by atoms with Gasteiger partial charge in [0, 0.05) is 12.1 Å². The van der Waals surface area contributed by atoms with E-state index in [1.165, 1.54) is 4.31 Å². The monoisotopic (exact) mass is 468 g/mol. The van der Waals surface area contributed by atoms with E-state index in [9.17, 15) is 21.6 Å². The molecule has 1 aromatic heterocycles. The molecule has 1 amide bonds. The van der Waals surface area contributed by atoms with Crippen LogP contribution in [-0.4, -0.2) is 76.9 Å². The molecular formula is C18H24N6O5S2. The summed E-state index contributed by atoms with van der Waals surface area (Å²) in [5.74, 6) is -1.08. The lowest BCUT2D eigenvalue weighted by atomic mass is 9.95. The second kappa shape index (κ2) is 7.95. The molecule has 3 heterocycles. The second-order valence-corrected chi connectivity index (χ2v) is 11.7. The van der Waals surface area contributed by atoms with E-state index in [1.807, 2.05) is 6.92 Å². The third-order valence-electron chi connectivity index (χ3n) is 5.81. The van der Waals surface area contributed by atoms with Crippen LogP contribution in [0.5, 0.6) is 0 Å². The van der Waals surface area contributed by atoms with Crippen LogP contribution >= 0.6 is 0 Å². The summed E-state index contributed by atoms with van der Waals surface area (Å²) in [7, 11) is -7.58. The predicted octanol–water partition coefficient (Wildman–Crippen LogP) is 0.358. The first-order chi connectivity index (χ1) is 14.6. The highest BCUT2D eigenvalue weighted by molar-refractivity contribution is 7.89. The van der Waals surface area contributed by atoms with Gasteiger partial charge in [0.15, 0.2) is 0 Å². The van der Waals surface area contributed by atoms with Crippen LogP contribution in [0.3, 0.4) is 0 Å². The topological polar surface area (TPSA) is 146 Å². The first kappa shape index (κ1) is 21.8. The van der Waals surface area contributed by atoms with Crippen molar-refractivity contribution in [1.82, 2.24) is 29.2 Å². The molecule has 1 aromatic carbocycles. The molecule has 168 valence electrons. The minimum atomic E-state index is -3.80. The Morgan fingerprint density at radius 2 is 2.00 bits per heavy atom. The number of aromatic nitrogens is 4. The molecular weight excluding hydrogens is 444 g/mol. The van der Waals surface area contributed by atoms with E-state index < -0.39 is 44.0 Å². The molecule has 0 unspecified atom stereocenters. The van der Waals surface area contributed by atoms with Gasteiger partial charge >= 0.3 is 0 Å². The fourth-order valence-corrected chi connectivity index (χ4v) is 7.68. The molecule has 0 aliphatic carbocycles. The maximum absolute atomic E-state index is 13.4. The van der Waals surface area contributed by atoms with Crippen molar-refractivity contribution >= 4 is 26.0 Å². The zero-order valence-electron chi connectivity index (χ0n) is 17.2. The van der Waals surface area contributed by atoms with Gasteiger partial charge in [-0.3, -0.25) is 4.79 Å². The number of hydrogen-bond donors (Lipinski definition) is 1. The first-order valence-electron chi connectivity index (χ1n) is 9.99. The van der Waals surface area contributed by atoms with Gasteiger partial charge in [0.05, 0.1) is 30.0 Å². The second-order valence-electron chi connectivity index (χ2n) is 7.94. The average Bonchev–Trinajstić information content (AvgIpc) is 3.39. The van der Waals surface area contributed by atoms with E-state index in [2.05, 4.69) is 20.6 Å². The van der Waals surface area contributed by atoms with Crippen molar-refractivity contribution in [2.24, 2.45) is 5.92 Å². The summed E-state index contributed by atoms with van der Waals surface area (Å²) < 4.78 is 53.5. The molecule has 2 aliphatic heterocycles. The van der Waals surface area contributed by atoms with Crippen LogP contribution < -0.4 is 0 Å². The number of hydrogen-bond acceptors (Lipinski definition) is 8. The number of carbonyl (C=O) groups is 1. The van der Waals surface area contributed by atoms with Crippen molar-refractivity contribution in [3.05, 3.63) is 29.8 Å². The normalized spacial score (nSPS) is 24.6. The summed E-state index contributed by atoms with van der Waals surface area (Å²) in [5.41, 5.74) is 1.17. The Hall–Kier alpha value is -2.38. The first-order valence-corrected chi connectivity index (χ1v) is 13.4. The number of nitrogens with zero attached hydrogens (tertiary/aromatic N) is 5. The third-order valence-corrected chi connectivity index (χ3v) is 8.82. The van der Waals surface area contributed by atoms with E-state index in [4.69, 9.17) is 0 Å². The Bertz CT molecular complexity index is 1180. The van der Waals surface area contributed by atoms with Crippen LogP contribution in [-0.2, 0) is 30.6 Å². The number of fused-ring (bicyclic) bond motifs is 1. The highest BCUT2D eigenvalue weighted by Gasteiger charge is 2.58. The summed E-state index contributed by atoms with van der Waals surface area (Å²) in [5, 5.41) is 13.7. The van der Waals surface area contributed by atoms with Crippen molar-refractivity contribution in [2.45, 2.75) is 44.0 Å². The summed E-state index contributed by atoms with van der Waals surface area (Å²) in [4.78, 5) is 12.9. The lowest BCUT2D eigenvalue weighted by molar-refractivity contribution is -0.128. The number of carbonyl (C=O) groups excluding carboxylic acids is 1. The van der Waals surface area contributed by atoms with Crippen molar-refractivity contribution in [3.8, 4) is 11.4 Å².